The number of para-hydroxylation sites is 1. The second-order valence-electron chi connectivity index (χ2n) is 5.90. The number of carbonyl (C=O) groups is 1. The fraction of sp³-hybridized carbons (Fsp3) is 0.350. The van der Waals surface area contributed by atoms with Crippen molar-refractivity contribution in [2.24, 2.45) is 0 Å². The first-order valence-electron chi connectivity index (χ1n) is 8.10. The lowest BCUT2D eigenvalue weighted by atomic mass is 10.0. The van der Waals surface area contributed by atoms with Gasteiger partial charge in [0.05, 0.1) is 6.04 Å². The molecule has 0 spiro atoms. The predicted octanol–water partition coefficient (Wildman–Crippen LogP) is 4.34. The Labute approximate surface area is 138 Å². The summed E-state index contributed by atoms with van der Waals surface area (Å²) in [6.45, 7) is 8.12. The third-order valence-corrected chi connectivity index (χ3v) is 4.07. The van der Waals surface area contributed by atoms with E-state index in [1.54, 1.807) is 0 Å². The van der Waals surface area contributed by atoms with Crippen molar-refractivity contribution in [1.82, 2.24) is 5.32 Å². The molecular weight excluding hydrogens is 286 g/mol. The third-order valence-electron chi connectivity index (χ3n) is 4.07. The lowest BCUT2D eigenvalue weighted by Gasteiger charge is -2.21. The van der Waals surface area contributed by atoms with Crippen molar-refractivity contribution in [2.45, 2.75) is 46.3 Å². The number of hydrogen-bond donors (Lipinski definition) is 1. The lowest BCUT2D eigenvalue weighted by molar-refractivity contribution is -0.128. The average molecular weight is 311 g/mol. The van der Waals surface area contributed by atoms with Gasteiger partial charge in [-0.3, -0.25) is 4.79 Å². The van der Waals surface area contributed by atoms with Gasteiger partial charge in [-0.25, -0.2) is 0 Å². The minimum Gasteiger partial charge on any atom is -0.481 e. The summed E-state index contributed by atoms with van der Waals surface area (Å²) in [6, 6.07) is 15.7. The van der Waals surface area contributed by atoms with Gasteiger partial charge >= 0.3 is 0 Å². The zero-order valence-electron chi connectivity index (χ0n) is 14.3. The normalized spacial score (nSPS) is 13.2. The molecule has 0 aliphatic carbocycles. The third kappa shape index (κ3) is 4.59. The largest absolute Gasteiger partial charge is 0.481 e. The van der Waals surface area contributed by atoms with E-state index in [0.717, 1.165) is 5.56 Å². The summed E-state index contributed by atoms with van der Waals surface area (Å²) in [7, 11) is 0. The maximum absolute atomic E-state index is 12.5. The van der Waals surface area contributed by atoms with Crippen LogP contribution in [0.4, 0.5) is 0 Å². The van der Waals surface area contributed by atoms with Gasteiger partial charge in [-0.1, -0.05) is 43.3 Å². The van der Waals surface area contributed by atoms with Crippen LogP contribution in [0.5, 0.6) is 5.75 Å². The number of benzene rings is 2. The van der Waals surface area contributed by atoms with Gasteiger partial charge in [-0.05, 0) is 56.0 Å². The number of rotatable bonds is 6. The van der Waals surface area contributed by atoms with Crippen LogP contribution in [0.2, 0.25) is 0 Å². The molecule has 1 amide bonds. The summed E-state index contributed by atoms with van der Waals surface area (Å²) < 4.78 is 5.79. The molecular formula is C20H25NO2. The van der Waals surface area contributed by atoms with E-state index >= 15 is 0 Å². The maximum atomic E-state index is 12.5. The number of hydrogen-bond acceptors (Lipinski definition) is 2. The Kier molecular flexibility index (Phi) is 5.80. The standard InChI is InChI=1S/C20H25NO2/c1-5-19(23-18-9-7-6-8-10-18)20(22)21-16(4)17-12-11-14(2)15(3)13-17/h6-13,16,19H,5H2,1-4H3,(H,21,22)/t16-,19-/m1/s1. The highest BCUT2D eigenvalue weighted by Gasteiger charge is 2.20. The van der Waals surface area contributed by atoms with Crippen LogP contribution in [0.25, 0.3) is 0 Å². The maximum Gasteiger partial charge on any atom is 0.261 e. The van der Waals surface area contributed by atoms with Crippen molar-refractivity contribution in [2.75, 3.05) is 0 Å². The molecule has 0 aromatic heterocycles. The van der Waals surface area contributed by atoms with Gasteiger partial charge in [0, 0.05) is 0 Å². The van der Waals surface area contributed by atoms with Crippen LogP contribution in [0.15, 0.2) is 48.5 Å². The van der Waals surface area contributed by atoms with Crippen molar-refractivity contribution in [3.8, 4) is 5.75 Å². The fourth-order valence-electron chi connectivity index (χ4n) is 2.41. The van der Waals surface area contributed by atoms with Crippen molar-refractivity contribution < 1.29 is 9.53 Å². The minimum absolute atomic E-state index is 0.0461. The zero-order chi connectivity index (χ0) is 16.8. The van der Waals surface area contributed by atoms with Crippen LogP contribution in [0.3, 0.4) is 0 Å². The molecule has 0 aliphatic heterocycles. The second-order valence-corrected chi connectivity index (χ2v) is 5.90. The summed E-state index contributed by atoms with van der Waals surface area (Å²) in [6.07, 6.45) is 0.145. The first-order valence-corrected chi connectivity index (χ1v) is 8.10. The smallest absolute Gasteiger partial charge is 0.261 e. The Balaban J connectivity index is 2.02. The zero-order valence-corrected chi connectivity index (χ0v) is 14.3. The number of ether oxygens (including phenoxy) is 1. The molecule has 0 fully saturated rings. The summed E-state index contributed by atoms with van der Waals surface area (Å²) >= 11 is 0. The molecule has 2 aromatic carbocycles. The minimum atomic E-state index is -0.480. The van der Waals surface area contributed by atoms with E-state index in [4.69, 9.17) is 4.74 Å². The molecule has 0 aliphatic rings. The van der Waals surface area contributed by atoms with Gasteiger partial charge in [0.15, 0.2) is 6.10 Å². The highest BCUT2D eigenvalue weighted by molar-refractivity contribution is 5.81. The first-order chi connectivity index (χ1) is 11.0. The van der Waals surface area contributed by atoms with Crippen molar-refractivity contribution >= 4 is 5.91 Å². The predicted molar refractivity (Wildman–Crippen MR) is 93.6 cm³/mol. The molecule has 1 N–H and O–H groups in total. The molecule has 0 radical (unpaired) electrons. The molecule has 0 heterocycles. The Morgan fingerprint density at radius 3 is 2.39 bits per heavy atom. The van der Waals surface area contributed by atoms with Gasteiger partial charge < -0.3 is 10.1 Å². The van der Waals surface area contributed by atoms with E-state index in [1.807, 2.05) is 44.2 Å². The van der Waals surface area contributed by atoms with Crippen molar-refractivity contribution in [3.63, 3.8) is 0 Å². The molecule has 23 heavy (non-hydrogen) atoms. The molecule has 0 bridgehead atoms. The molecule has 0 saturated carbocycles. The molecule has 122 valence electrons. The highest BCUT2D eigenvalue weighted by Crippen LogP contribution is 2.18. The summed E-state index contributed by atoms with van der Waals surface area (Å²) in [5.41, 5.74) is 3.60. The topological polar surface area (TPSA) is 38.3 Å². The molecule has 2 atom stereocenters. The van der Waals surface area contributed by atoms with E-state index in [1.165, 1.54) is 11.1 Å². The Morgan fingerprint density at radius 1 is 1.09 bits per heavy atom. The number of nitrogens with one attached hydrogen (secondary N) is 1. The van der Waals surface area contributed by atoms with Crippen LogP contribution >= 0.6 is 0 Å². The van der Waals surface area contributed by atoms with Crippen LogP contribution in [0.1, 0.15) is 43.0 Å². The van der Waals surface area contributed by atoms with Crippen LogP contribution in [0, 0.1) is 13.8 Å². The van der Waals surface area contributed by atoms with Crippen LogP contribution in [-0.4, -0.2) is 12.0 Å². The average Bonchev–Trinajstić information content (AvgIpc) is 2.55. The van der Waals surface area contributed by atoms with Crippen molar-refractivity contribution in [1.29, 1.82) is 0 Å². The van der Waals surface area contributed by atoms with Gasteiger partial charge in [0.2, 0.25) is 0 Å². The summed E-state index contributed by atoms with van der Waals surface area (Å²) in [5.74, 6) is 0.635. The monoisotopic (exact) mass is 311 g/mol. The first kappa shape index (κ1) is 17.1. The van der Waals surface area contributed by atoms with Crippen LogP contribution in [-0.2, 0) is 4.79 Å². The van der Waals surface area contributed by atoms with E-state index in [9.17, 15) is 4.79 Å². The lowest BCUT2D eigenvalue weighted by Crippen LogP contribution is -2.39. The van der Waals surface area contributed by atoms with Gasteiger partial charge in [-0.2, -0.15) is 0 Å². The molecule has 0 unspecified atom stereocenters. The van der Waals surface area contributed by atoms with E-state index < -0.39 is 6.10 Å². The Hall–Kier alpha value is -2.29. The number of aryl methyl sites for hydroxylation is 2. The van der Waals surface area contributed by atoms with E-state index in [0.29, 0.717) is 12.2 Å². The van der Waals surface area contributed by atoms with E-state index in [-0.39, 0.29) is 11.9 Å². The Morgan fingerprint density at radius 2 is 1.78 bits per heavy atom. The molecule has 0 saturated heterocycles. The van der Waals surface area contributed by atoms with Gasteiger partial charge in [0.1, 0.15) is 5.75 Å². The number of carbonyl (C=O) groups excluding carboxylic acids is 1. The number of amides is 1. The second kappa shape index (κ2) is 7.82. The Bertz CT molecular complexity index is 652. The van der Waals surface area contributed by atoms with Gasteiger partial charge in [-0.15, -0.1) is 0 Å². The van der Waals surface area contributed by atoms with Crippen molar-refractivity contribution in [3.05, 3.63) is 65.2 Å². The van der Waals surface area contributed by atoms with E-state index in [2.05, 4.69) is 37.4 Å². The molecule has 3 nitrogen and oxygen atoms in total. The molecule has 2 rings (SSSR count). The summed E-state index contributed by atoms with van der Waals surface area (Å²) in [4.78, 5) is 12.5. The van der Waals surface area contributed by atoms with Crippen LogP contribution < -0.4 is 10.1 Å². The quantitative estimate of drug-likeness (QED) is 0.862. The molecule has 3 heteroatoms. The summed E-state index contributed by atoms with van der Waals surface area (Å²) in [5, 5.41) is 3.05. The SMILES string of the molecule is CC[C@@H](Oc1ccccc1)C(=O)N[C@H](C)c1ccc(C)c(C)c1. The van der Waals surface area contributed by atoms with Gasteiger partial charge in [0.25, 0.3) is 5.91 Å². The highest BCUT2D eigenvalue weighted by atomic mass is 16.5. The molecule has 2 aromatic rings. The fourth-order valence-corrected chi connectivity index (χ4v) is 2.41.